The molecule has 6 nitrogen and oxygen atoms in total. The van der Waals surface area contributed by atoms with Crippen LogP contribution in [0.3, 0.4) is 0 Å². The SMILES string of the molecule is CCN(CC)S(=O)(=O)c1ccc(Cl)c(C(=O)NCCCCOC)c1. The van der Waals surface area contributed by atoms with E-state index in [0.29, 0.717) is 26.2 Å². The molecule has 0 fully saturated rings. The molecule has 0 heterocycles. The lowest BCUT2D eigenvalue weighted by molar-refractivity contribution is 0.0951. The van der Waals surface area contributed by atoms with E-state index in [1.807, 2.05) is 0 Å². The lowest BCUT2D eigenvalue weighted by Gasteiger charge is -2.19. The third-order valence-electron chi connectivity index (χ3n) is 3.59. The molecule has 1 N–H and O–H groups in total. The van der Waals surface area contributed by atoms with Crippen LogP contribution in [0.1, 0.15) is 37.0 Å². The number of carbonyl (C=O) groups excluding carboxylic acids is 1. The molecule has 0 atom stereocenters. The summed E-state index contributed by atoms with van der Waals surface area (Å²) in [5.74, 6) is -0.381. The number of hydrogen-bond donors (Lipinski definition) is 1. The van der Waals surface area contributed by atoms with Gasteiger partial charge < -0.3 is 10.1 Å². The summed E-state index contributed by atoms with van der Waals surface area (Å²) in [4.78, 5) is 12.3. The van der Waals surface area contributed by atoms with Gasteiger partial charge in [0.1, 0.15) is 0 Å². The Hall–Kier alpha value is -1.15. The first-order valence-electron chi connectivity index (χ1n) is 7.95. The van der Waals surface area contributed by atoms with Crippen molar-refractivity contribution in [1.82, 2.24) is 9.62 Å². The smallest absolute Gasteiger partial charge is 0.252 e. The highest BCUT2D eigenvalue weighted by atomic mass is 35.5. The van der Waals surface area contributed by atoms with Gasteiger partial charge in [0.05, 0.1) is 15.5 Å². The summed E-state index contributed by atoms with van der Waals surface area (Å²) < 4.78 is 31.4. The van der Waals surface area contributed by atoms with Crippen molar-refractivity contribution in [2.45, 2.75) is 31.6 Å². The first kappa shape index (κ1) is 20.9. The predicted molar refractivity (Wildman–Crippen MR) is 95.0 cm³/mol. The minimum absolute atomic E-state index is 0.0696. The summed E-state index contributed by atoms with van der Waals surface area (Å²) in [6.07, 6.45) is 1.61. The van der Waals surface area contributed by atoms with Gasteiger partial charge in [-0.25, -0.2) is 8.42 Å². The first-order chi connectivity index (χ1) is 11.4. The van der Waals surface area contributed by atoms with Crippen LogP contribution < -0.4 is 5.32 Å². The van der Waals surface area contributed by atoms with Crippen LogP contribution in [0.4, 0.5) is 0 Å². The van der Waals surface area contributed by atoms with Gasteiger partial charge in [0.25, 0.3) is 5.91 Å². The second-order valence-electron chi connectivity index (χ2n) is 5.19. The molecule has 0 aliphatic rings. The van der Waals surface area contributed by atoms with E-state index in [1.165, 1.54) is 22.5 Å². The standard InChI is InChI=1S/C16H25ClN2O4S/c1-4-19(5-2)24(21,22)13-8-9-15(17)14(12-13)16(20)18-10-6-7-11-23-3/h8-9,12H,4-7,10-11H2,1-3H3,(H,18,20). The van der Waals surface area contributed by atoms with Crippen LogP contribution in [-0.4, -0.2) is 52.0 Å². The summed E-state index contributed by atoms with van der Waals surface area (Å²) in [5.41, 5.74) is 0.164. The van der Waals surface area contributed by atoms with Gasteiger partial charge in [-0.05, 0) is 31.0 Å². The van der Waals surface area contributed by atoms with Crippen LogP contribution in [0.2, 0.25) is 5.02 Å². The second-order valence-corrected chi connectivity index (χ2v) is 7.53. The minimum atomic E-state index is -3.63. The van der Waals surface area contributed by atoms with E-state index in [1.54, 1.807) is 21.0 Å². The number of rotatable bonds is 10. The number of methoxy groups -OCH3 is 1. The van der Waals surface area contributed by atoms with Crippen LogP contribution in [0.15, 0.2) is 23.1 Å². The van der Waals surface area contributed by atoms with E-state index >= 15 is 0 Å². The molecule has 0 aliphatic heterocycles. The Morgan fingerprint density at radius 2 is 1.92 bits per heavy atom. The van der Waals surface area contributed by atoms with Gasteiger partial charge in [-0.15, -0.1) is 0 Å². The minimum Gasteiger partial charge on any atom is -0.385 e. The Morgan fingerprint density at radius 1 is 1.25 bits per heavy atom. The van der Waals surface area contributed by atoms with E-state index in [4.69, 9.17) is 16.3 Å². The number of nitrogens with zero attached hydrogens (tertiary/aromatic N) is 1. The summed E-state index contributed by atoms with van der Waals surface area (Å²) in [5, 5.41) is 2.97. The van der Waals surface area contributed by atoms with Crippen LogP contribution in [-0.2, 0) is 14.8 Å². The average molecular weight is 377 g/mol. The van der Waals surface area contributed by atoms with Gasteiger partial charge in [-0.3, -0.25) is 4.79 Å². The quantitative estimate of drug-likeness (QED) is 0.636. The molecule has 0 unspecified atom stereocenters. The average Bonchev–Trinajstić information content (AvgIpc) is 2.55. The zero-order valence-electron chi connectivity index (χ0n) is 14.3. The van der Waals surface area contributed by atoms with E-state index in [0.717, 1.165) is 12.8 Å². The molecule has 0 bridgehead atoms. The van der Waals surface area contributed by atoms with Gasteiger partial charge in [0, 0.05) is 33.4 Å². The lowest BCUT2D eigenvalue weighted by Crippen LogP contribution is -2.31. The molecule has 0 radical (unpaired) electrons. The lowest BCUT2D eigenvalue weighted by atomic mass is 10.2. The second kappa shape index (κ2) is 9.98. The third kappa shape index (κ3) is 5.44. The number of carbonyl (C=O) groups is 1. The highest BCUT2D eigenvalue weighted by Gasteiger charge is 2.23. The summed E-state index contributed by atoms with van der Waals surface area (Å²) in [7, 11) is -2.00. The maximum Gasteiger partial charge on any atom is 0.252 e. The Morgan fingerprint density at radius 3 is 2.50 bits per heavy atom. The largest absolute Gasteiger partial charge is 0.385 e. The Bertz CT molecular complexity index is 645. The van der Waals surface area contributed by atoms with Gasteiger partial charge in [-0.1, -0.05) is 25.4 Å². The molecule has 1 amide bonds. The maximum absolute atomic E-state index is 12.6. The monoisotopic (exact) mass is 376 g/mol. The van der Waals surface area contributed by atoms with Crippen molar-refractivity contribution in [3.05, 3.63) is 28.8 Å². The molecule has 8 heteroatoms. The Balaban J connectivity index is 2.92. The van der Waals surface area contributed by atoms with Gasteiger partial charge in [0.15, 0.2) is 0 Å². The molecular weight excluding hydrogens is 352 g/mol. The van der Waals surface area contributed by atoms with Crippen molar-refractivity contribution in [2.75, 3.05) is 33.4 Å². The fraction of sp³-hybridized carbons (Fsp3) is 0.562. The molecule has 1 aromatic carbocycles. The van der Waals surface area contributed by atoms with Crippen LogP contribution >= 0.6 is 11.6 Å². The van der Waals surface area contributed by atoms with Crippen molar-refractivity contribution in [1.29, 1.82) is 0 Å². The fourth-order valence-electron chi connectivity index (χ4n) is 2.22. The molecule has 0 aliphatic carbocycles. The Kier molecular flexibility index (Phi) is 8.69. The number of nitrogens with one attached hydrogen (secondary N) is 1. The first-order valence-corrected chi connectivity index (χ1v) is 9.77. The summed E-state index contributed by atoms with van der Waals surface area (Å²) in [6, 6.07) is 4.20. The van der Waals surface area contributed by atoms with Crippen molar-refractivity contribution >= 4 is 27.5 Å². The summed E-state index contributed by atoms with van der Waals surface area (Å²) >= 11 is 6.06. The topological polar surface area (TPSA) is 75.7 Å². The van der Waals surface area contributed by atoms with E-state index in [9.17, 15) is 13.2 Å². The van der Waals surface area contributed by atoms with Gasteiger partial charge in [-0.2, -0.15) is 4.31 Å². The van der Waals surface area contributed by atoms with Gasteiger partial charge in [0.2, 0.25) is 10.0 Å². The zero-order chi connectivity index (χ0) is 18.2. The van der Waals surface area contributed by atoms with Crippen molar-refractivity contribution in [3.63, 3.8) is 0 Å². The van der Waals surface area contributed by atoms with E-state index in [-0.39, 0.29) is 21.4 Å². The molecule has 24 heavy (non-hydrogen) atoms. The number of halogens is 1. The number of sulfonamides is 1. The zero-order valence-corrected chi connectivity index (χ0v) is 15.9. The van der Waals surface area contributed by atoms with E-state index < -0.39 is 10.0 Å². The van der Waals surface area contributed by atoms with Crippen molar-refractivity contribution in [2.24, 2.45) is 0 Å². The molecular formula is C16H25ClN2O4S. The highest BCUT2D eigenvalue weighted by molar-refractivity contribution is 7.89. The number of hydrogen-bond acceptors (Lipinski definition) is 4. The van der Waals surface area contributed by atoms with Crippen LogP contribution in [0, 0.1) is 0 Å². The van der Waals surface area contributed by atoms with Crippen molar-refractivity contribution in [3.8, 4) is 0 Å². The molecule has 136 valence electrons. The van der Waals surface area contributed by atoms with E-state index in [2.05, 4.69) is 5.32 Å². The predicted octanol–water partition coefficient (Wildman–Crippen LogP) is 2.53. The third-order valence-corrected chi connectivity index (χ3v) is 5.96. The fourth-order valence-corrected chi connectivity index (χ4v) is 3.91. The number of unbranched alkanes of at least 4 members (excludes halogenated alkanes) is 1. The molecule has 1 aromatic rings. The summed E-state index contributed by atoms with van der Waals surface area (Å²) in [6.45, 7) is 5.37. The highest BCUT2D eigenvalue weighted by Crippen LogP contribution is 2.23. The van der Waals surface area contributed by atoms with Gasteiger partial charge >= 0.3 is 0 Å². The van der Waals surface area contributed by atoms with Crippen molar-refractivity contribution < 1.29 is 17.9 Å². The van der Waals surface area contributed by atoms with Crippen LogP contribution in [0.25, 0.3) is 0 Å². The number of amides is 1. The molecule has 0 saturated heterocycles. The molecule has 0 aromatic heterocycles. The number of benzene rings is 1. The number of ether oxygens (including phenoxy) is 1. The normalized spacial score (nSPS) is 11.7. The Labute approximate surface area is 149 Å². The molecule has 0 saturated carbocycles. The van der Waals surface area contributed by atoms with Crippen LogP contribution in [0.5, 0.6) is 0 Å². The maximum atomic E-state index is 12.6. The molecule has 0 spiro atoms. The molecule has 1 rings (SSSR count).